The van der Waals surface area contributed by atoms with Crippen LogP contribution in [0.15, 0.2) is 36.4 Å². The zero-order valence-corrected chi connectivity index (χ0v) is 13.8. The molecule has 3 rings (SSSR count). The normalized spacial score (nSPS) is 17.0. The van der Waals surface area contributed by atoms with E-state index in [4.69, 9.17) is 14.7 Å². The van der Waals surface area contributed by atoms with Gasteiger partial charge in [0.25, 0.3) is 0 Å². The number of nitriles is 1. The van der Waals surface area contributed by atoms with Gasteiger partial charge in [0.2, 0.25) is 0 Å². The van der Waals surface area contributed by atoms with Crippen LogP contribution in [0.3, 0.4) is 0 Å². The fourth-order valence-electron chi connectivity index (χ4n) is 3.26. The highest BCUT2D eigenvalue weighted by Crippen LogP contribution is 2.39. The van der Waals surface area contributed by atoms with Gasteiger partial charge in [0.05, 0.1) is 32.0 Å². The van der Waals surface area contributed by atoms with Gasteiger partial charge in [-0.1, -0.05) is 12.1 Å². The molecule has 1 unspecified atom stereocenters. The van der Waals surface area contributed by atoms with Crippen LogP contribution in [0.1, 0.15) is 28.4 Å². The minimum absolute atomic E-state index is 0.507. The van der Waals surface area contributed by atoms with Crippen LogP contribution in [0.4, 0.5) is 0 Å². The van der Waals surface area contributed by atoms with Crippen molar-refractivity contribution in [1.29, 1.82) is 5.26 Å². The van der Waals surface area contributed by atoms with Gasteiger partial charge in [-0.15, -0.1) is 0 Å². The first kappa shape index (κ1) is 16.3. The van der Waals surface area contributed by atoms with Crippen molar-refractivity contribution in [3.05, 3.63) is 58.7 Å². The summed E-state index contributed by atoms with van der Waals surface area (Å²) in [6, 6.07) is 13.4. The van der Waals surface area contributed by atoms with Gasteiger partial charge in [-0.25, -0.2) is 0 Å². The molecule has 0 bridgehead atoms. The number of hydrogen-bond donors (Lipinski definition) is 1. The summed E-state index contributed by atoms with van der Waals surface area (Å²) >= 11 is 0. The topological polar surface area (TPSA) is 65.7 Å². The lowest BCUT2D eigenvalue weighted by Crippen LogP contribution is -2.33. The molecule has 0 fully saturated rings. The molecular weight excluding hydrogens is 304 g/mol. The number of hydrogen-bond acceptors (Lipinski definition) is 5. The number of fused-ring (bicyclic) bond motifs is 1. The van der Waals surface area contributed by atoms with E-state index >= 15 is 0 Å². The smallest absolute Gasteiger partial charge is 0.125 e. The number of ether oxygens (including phenoxy) is 2. The van der Waals surface area contributed by atoms with Gasteiger partial charge in [0, 0.05) is 30.8 Å². The van der Waals surface area contributed by atoms with E-state index in [-0.39, 0.29) is 0 Å². The molecule has 1 aliphatic heterocycles. The second-order valence-electron chi connectivity index (χ2n) is 5.86. The molecule has 1 atom stereocenters. The Bertz CT molecular complexity index is 783. The molecule has 1 aliphatic rings. The van der Waals surface area contributed by atoms with E-state index in [1.165, 1.54) is 0 Å². The zero-order chi connectivity index (χ0) is 17.1. The average molecular weight is 324 g/mol. The lowest BCUT2D eigenvalue weighted by atomic mass is 9.94. The van der Waals surface area contributed by atoms with Crippen LogP contribution in [0.5, 0.6) is 11.5 Å². The van der Waals surface area contributed by atoms with Crippen molar-refractivity contribution < 1.29 is 14.6 Å². The van der Waals surface area contributed by atoms with Crippen molar-refractivity contribution in [1.82, 2.24) is 4.90 Å². The molecule has 0 radical (unpaired) electrons. The molecule has 5 nitrogen and oxygen atoms in total. The van der Waals surface area contributed by atoms with Crippen LogP contribution >= 0.6 is 0 Å². The standard InChI is InChI=1S/C19H20N2O3/c1-23-17-6-7-18(24-2)19-15(17)11-21(12-16(19)22)10-14-5-3-4-13(8-14)9-20/h3-8,16,22H,10-12H2,1-2H3. The van der Waals surface area contributed by atoms with Gasteiger partial charge in [-0.3, -0.25) is 4.90 Å². The van der Waals surface area contributed by atoms with Crippen LogP contribution in [0.2, 0.25) is 0 Å². The molecule has 5 heteroatoms. The maximum atomic E-state index is 10.6. The van der Waals surface area contributed by atoms with Gasteiger partial charge in [-0.2, -0.15) is 5.26 Å². The maximum absolute atomic E-state index is 10.6. The van der Waals surface area contributed by atoms with Crippen molar-refractivity contribution in [2.24, 2.45) is 0 Å². The number of β-amino-alcohol motifs (C(OH)–C–C–N with tert-alkyl or cyclic N) is 1. The van der Waals surface area contributed by atoms with Gasteiger partial charge in [-0.05, 0) is 29.8 Å². The van der Waals surface area contributed by atoms with Crippen molar-refractivity contribution in [3.63, 3.8) is 0 Å². The Balaban J connectivity index is 1.90. The second kappa shape index (κ2) is 6.91. The summed E-state index contributed by atoms with van der Waals surface area (Å²) in [5, 5.41) is 19.6. The Kier molecular flexibility index (Phi) is 4.70. The third-order valence-corrected chi connectivity index (χ3v) is 4.32. The van der Waals surface area contributed by atoms with Gasteiger partial charge in [0.1, 0.15) is 11.5 Å². The second-order valence-corrected chi connectivity index (χ2v) is 5.86. The van der Waals surface area contributed by atoms with E-state index in [1.54, 1.807) is 20.3 Å². The van der Waals surface area contributed by atoms with Crippen LogP contribution in [0, 0.1) is 11.3 Å². The number of aliphatic hydroxyl groups is 1. The molecule has 0 saturated carbocycles. The first-order valence-corrected chi connectivity index (χ1v) is 7.79. The van der Waals surface area contributed by atoms with Gasteiger partial charge in [0.15, 0.2) is 0 Å². The van der Waals surface area contributed by atoms with Crippen molar-refractivity contribution >= 4 is 0 Å². The third-order valence-electron chi connectivity index (χ3n) is 4.32. The van der Waals surface area contributed by atoms with Gasteiger partial charge < -0.3 is 14.6 Å². The predicted molar refractivity (Wildman–Crippen MR) is 89.8 cm³/mol. The first-order chi connectivity index (χ1) is 11.7. The van der Waals surface area contributed by atoms with E-state index in [2.05, 4.69) is 11.0 Å². The van der Waals surface area contributed by atoms with Crippen LogP contribution in [0.25, 0.3) is 0 Å². The summed E-state index contributed by atoms with van der Waals surface area (Å²) < 4.78 is 10.9. The fraction of sp³-hybridized carbons (Fsp3) is 0.316. The van der Waals surface area contributed by atoms with Crippen molar-refractivity contribution in [3.8, 4) is 17.6 Å². The molecule has 0 amide bonds. The van der Waals surface area contributed by atoms with E-state index in [0.717, 1.165) is 22.4 Å². The largest absolute Gasteiger partial charge is 0.496 e. The highest BCUT2D eigenvalue weighted by Gasteiger charge is 2.29. The van der Waals surface area contributed by atoms with Crippen LogP contribution in [-0.2, 0) is 13.1 Å². The Morgan fingerprint density at radius 1 is 1.21 bits per heavy atom. The summed E-state index contributed by atoms with van der Waals surface area (Å²) in [7, 11) is 3.23. The fourth-order valence-corrected chi connectivity index (χ4v) is 3.26. The lowest BCUT2D eigenvalue weighted by Gasteiger charge is -2.34. The quantitative estimate of drug-likeness (QED) is 0.936. The predicted octanol–water partition coefficient (Wildman–Crippen LogP) is 2.62. The van der Waals surface area contributed by atoms with Crippen molar-refractivity contribution in [2.45, 2.75) is 19.2 Å². The van der Waals surface area contributed by atoms with Crippen molar-refractivity contribution in [2.75, 3.05) is 20.8 Å². The number of benzene rings is 2. The Labute approximate surface area is 141 Å². The number of aliphatic hydroxyl groups excluding tert-OH is 1. The Hall–Kier alpha value is -2.55. The monoisotopic (exact) mass is 324 g/mol. The minimum atomic E-state index is -0.641. The van der Waals surface area contributed by atoms with Gasteiger partial charge >= 0.3 is 0 Å². The highest BCUT2D eigenvalue weighted by atomic mass is 16.5. The molecular formula is C19H20N2O3. The Morgan fingerprint density at radius 2 is 1.96 bits per heavy atom. The summed E-state index contributed by atoms with van der Waals surface area (Å²) in [6.07, 6.45) is -0.641. The molecule has 0 aliphatic carbocycles. The molecule has 2 aromatic carbocycles. The zero-order valence-electron chi connectivity index (χ0n) is 13.8. The molecule has 0 saturated heterocycles. The summed E-state index contributed by atoms with van der Waals surface area (Å²) in [4.78, 5) is 2.14. The molecule has 124 valence electrons. The van der Waals surface area contributed by atoms with E-state index in [1.807, 2.05) is 30.3 Å². The van der Waals surface area contributed by atoms with Crippen LogP contribution < -0.4 is 9.47 Å². The highest BCUT2D eigenvalue weighted by molar-refractivity contribution is 5.51. The number of nitrogens with zero attached hydrogens (tertiary/aromatic N) is 2. The SMILES string of the molecule is COc1ccc(OC)c2c1CN(Cc1cccc(C#N)c1)CC2O. The number of rotatable bonds is 4. The Morgan fingerprint density at radius 3 is 2.67 bits per heavy atom. The molecule has 0 spiro atoms. The molecule has 0 aromatic heterocycles. The maximum Gasteiger partial charge on any atom is 0.125 e. The molecule has 1 heterocycles. The summed E-state index contributed by atoms with van der Waals surface area (Å²) in [6.45, 7) is 1.82. The van der Waals surface area contributed by atoms with Crippen LogP contribution in [-0.4, -0.2) is 30.8 Å². The summed E-state index contributed by atoms with van der Waals surface area (Å²) in [5.74, 6) is 1.43. The minimum Gasteiger partial charge on any atom is -0.496 e. The molecule has 1 N–H and O–H groups in total. The molecule has 24 heavy (non-hydrogen) atoms. The molecule has 2 aromatic rings. The van der Waals surface area contributed by atoms with E-state index in [0.29, 0.717) is 30.9 Å². The lowest BCUT2D eigenvalue weighted by molar-refractivity contribution is 0.0843. The number of methoxy groups -OCH3 is 2. The van der Waals surface area contributed by atoms with E-state index < -0.39 is 6.10 Å². The third kappa shape index (κ3) is 3.07. The average Bonchev–Trinajstić information content (AvgIpc) is 2.60. The first-order valence-electron chi connectivity index (χ1n) is 7.79. The summed E-state index contributed by atoms with van der Waals surface area (Å²) in [5.41, 5.74) is 3.45. The van der Waals surface area contributed by atoms with E-state index in [9.17, 15) is 5.11 Å².